The lowest BCUT2D eigenvalue weighted by Gasteiger charge is -2.41. The van der Waals surface area contributed by atoms with E-state index in [1.807, 2.05) is 6.92 Å². The highest BCUT2D eigenvalue weighted by Gasteiger charge is 2.58. The molecule has 0 N–H and O–H groups in total. The molecule has 1 aliphatic heterocycles. The Kier molecular flexibility index (Phi) is 4.42. The monoisotopic (exact) mass is 336 g/mol. The lowest BCUT2D eigenvalue weighted by molar-refractivity contribution is -0.156. The lowest BCUT2D eigenvalue weighted by atomic mass is 9.70. The van der Waals surface area contributed by atoms with E-state index in [2.05, 4.69) is 25.7 Å². The van der Waals surface area contributed by atoms with Gasteiger partial charge in [0.15, 0.2) is 0 Å². The Morgan fingerprint density at radius 2 is 2.04 bits per heavy atom. The fourth-order valence-electron chi connectivity index (χ4n) is 4.67. The van der Waals surface area contributed by atoms with Crippen molar-refractivity contribution in [2.75, 3.05) is 6.61 Å². The molecule has 128 valence electrons. The molecule has 4 nitrogen and oxygen atoms in total. The van der Waals surface area contributed by atoms with Gasteiger partial charge in [-0.15, -0.1) is 0 Å². The number of ether oxygens (including phenoxy) is 2. The van der Waals surface area contributed by atoms with Crippen LogP contribution in [0.5, 0.6) is 0 Å². The maximum absolute atomic E-state index is 12.7. The number of esters is 2. The van der Waals surface area contributed by atoms with Gasteiger partial charge < -0.3 is 9.47 Å². The molecule has 0 aromatic carbocycles. The fourth-order valence-corrected chi connectivity index (χ4v) is 6.81. The molecular weight excluding hydrogens is 308 g/mol. The molecule has 2 aliphatic carbocycles. The highest BCUT2D eigenvalue weighted by atomic mass is 28.3. The first-order chi connectivity index (χ1) is 10.8. The molecule has 1 saturated heterocycles. The number of carbonyl (C=O) groups is 2. The first-order valence-electron chi connectivity index (χ1n) is 8.92. The molecule has 3 aliphatic rings. The van der Waals surface area contributed by atoms with E-state index in [1.54, 1.807) is 0 Å². The normalized spacial score (nSPS) is 36.6. The van der Waals surface area contributed by atoms with Crippen molar-refractivity contribution >= 4 is 20.0 Å². The van der Waals surface area contributed by atoms with Crippen molar-refractivity contribution < 1.29 is 19.1 Å². The molecule has 23 heavy (non-hydrogen) atoms. The largest absolute Gasteiger partial charge is 0.466 e. The summed E-state index contributed by atoms with van der Waals surface area (Å²) in [6, 6.07) is 0. The smallest absolute Gasteiger partial charge is 0.310 e. The minimum absolute atomic E-state index is 0.0271. The number of carbonyl (C=O) groups excluding carboxylic acids is 2. The highest BCUT2D eigenvalue weighted by molar-refractivity contribution is 6.78. The quantitative estimate of drug-likeness (QED) is 0.449. The Hall–Kier alpha value is -1.10. The minimum atomic E-state index is -1.66. The summed E-state index contributed by atoms with van der Waals surface area (Å²) in [5.41, 5.74) is 1.53. The molecule has 5 atom stereocenters. The van der Waals surface area contributed by atoms with Crippen molar-refractivity contribution in [3.63, 3.8) is 0 Å². The summed E-state index contributed by atoms with van der Waals surface area (Å²) in [5.74, 6) is -0.956. The molecule has 0 bridgehead atoms. The van der Waals surface area contributed by atoms with Crippen molar-refractivity contribution in [1.29, 1.82) is 0 Å². The zero-order valence-electron chi connectivity index (χ0n) is 14.6. The van der Waals surface area contributed by atoms with Gasteiger partial charge in [0, 0.05) is 5.92 Å². The molecule has 0 aromatic heterocycles. The second kappa shape index (κ2) is 6.08. The molecule has 1 saturated carbocycles. The highest BCUT2D eigenvalue weighted by Crippen LogP contribution is 2.54. The molecule has 0 aromatic rings. The van der Waals surface area contributed by atoms with E-state index in [0.29, 0.717) is 6.61 Å². The van der Waals surface area contributed by atoms with Gasteiger partial charge in [0.25, 0.3) is 0 Å². The average molecular weight is 337 g/mol. The van der Waals surface area contributed by atoms with Crippen LogP contribution in [-0.4, -0.2) is 32.7 Å². The number of hydrogen-bond acceptors (Lipinski definition) is 4. The van der Waals surface area contributed by atoms with Crippen molar-refractivity contribution in [2.45, 2.75) is 63.9 Å². The zero-order chi connectivity index (χ0) is 16.8. The van der Waals surface area contributed by atoms with Crippen molar-refractivity contribution in [2.24, 2.45) is 17.8 Å². The van der Waals surface area contributed by atoms with E-state index in [1.165, 1.54) is 5.57 Å². The Morgan fingerprint density at radius 3 is 2.70 bits per heavy atom. The van der Waals surface area contributed by atoms with Crippen LogP contribution in [0.2, 0.25) is 25.2 Å². The van der Waals surface area contributed by atoms with Gasteiger partial charge >= 0.3 is 11.9 Å². The van der Waals surface area contributed by atoms with Gasteiger partial charge in [0.05, 0.1) is 26.5 Å². The van der Waals surface area contributed by atoms with Crippen LogP contribution in [0.4, 0.5) is 0 Å². The van der Waals surface area contributed by atoms with Crippen LogP contribution < -0.4 is 0 Å². The average Bonchev–Trinajstić information content (AvgIpc) is 2.66. The summed E-state index contributed by atoms with van der Waals surface area (Å²) < 4.78 is 11.1. The van der Waals surface area contributed by atoms with Gasteiger partial charge in [-0.2, -0.15) is 0 Å². The SMILES string of the molecule is CCOC(=O)[C@@H]1[C@H]2C(=O)O[C@@H]3CCCCC(=C[C@@H]1[Si](C)(C)C)[C@H]23. The first-order valence-corrected chi connectivity index (χ1v) is 12.5. The molecule has 0 radical (unpaired) electrons. The summed E-state index contributed by atoms with van der Waals surface area (Å²) in [6.07, 6.45) is 6.55. The molecule has 2 fully saturated rings. The second-order valence-electron chi connectivity index (χ2n) is 8.18. The molecule has 5 heteroatoms. The van der Waals surface area contributed by atoms with E-state index in [9.17, 15) is 9.59 Å². The number of allylic oxidation sites excluding steroid dienone is 1. The van der Waals surface area contributed by atoms with E-state index in [-0.39, 0.29) is 41.3 Å². The third kappa shape index (κ3) is 2.88. The summed E-state index contributed by atoms with van der Waals surface area (Å²) in [4.78, 5) is 25.3. The molecule has 3 rings (SSSR count). The van der Waals surface area contributed by atoms with Crippen molar-refractivity contribution in [3.05, 3.63) is 11.6 Å². The van der Waals surface area contributed by atoms with Gasteiger partial charge in [0.1, 0.15) is 6.10 Å². The van der Waals surface area contributed by atoms with Gasteiger partial charge in [-0.1, -0.05) is 31.3 Å². The third-order valence-electron chi connectivity index (χ3n) is 5.69. The van der Waals surface area contributed by atoms with Crippen LogP contribution in [0.25, 0.3) is 0 Å². The van der Waals surface area contributed by atoms with Crippen LogP contribution >= 0.6 is 0 Å². The first kappa shape index (κ1) is 16.7. The summed E-state index contributed by atoms with van der Waals surface area (Å²) in [7, 11) is -1.66. The van der Waals surface area contributed by atoms with E-state index in [4.69, 9.17) is 9.47 Å². The lowest BCUT2D eigenvalue weighted by Crippen LogP contribution is -2.46. The summed E-state index contributed by atoms with van der Waals surface area (Å²) >= 11 is 0. The maximum atomic E-state index is 12.7. The summed E-state index contributed by atoms with van der Waals surface area (Å²) in [5, 5.41) is 0. The van der Waals surface area contributed by atoms with E-state index < -0.39 is 8.07 Å². The van der Waals surface area contributed by atoms with Crippen LogP contribution in [0.1, 0.15) is 32.6 Å². The zero-order valence-corrected chi connectivity index (χ0v) is 15.6. The number of rotatable bonds is 3. The Bertz CT molecular complexity index is 534. The Labute approximate surface area is 139 Å². The van der Waals surface area contributed by atoms with Crippen LogP contribution in [0.3, 0.4) is 0 Å². The van der Waals surface area contributed by atoms with Crippen molar-refractivity contribution in [1.82, 2.24) is 0 Å². The minimum Gasteiger partial charge on any atom is -0.466 e. The predicted molar refractivity (Wildman–Crippen MR) is 90.6 cm³/mol. The van der Waals surface area contributed by atoms with E-state index in [0.717, 1.165) is 25.7 Å². The molecule has 0 amide bonds. The van der Waals surface area contributed by atoms with Crippen LogP contribution in [0, 0.1) is 17.8 Å². The molecule has 1 heterocycles. The van der Waals surface area contributed by atoms with Gasteiger partial charge in [-0.3, -0.25) is 9.59 Å². The molecule has 0 unspecified atom stereocenters. The fraction of sp³-hybridized carbons (Fsp3) is 0.778. The van der Waals surface area contributed by atoms with Crippen LogP contribution in [-0.2, 0) is 19.1 Å². The van der Waals surface area contributed by atoms with Crippen molar-refractivity contribution in [3.8, 4) is 0 Å². The Morgan fingerprint density at radius 1 is 1.30 bits per heavy atom. The second-order valence-corrected chi connectivity index (χ2v) is 13.6. The van der Waals surface area contributed by atoms with E-state index >= 15 is 0 Å². The predicted octanol–water partition coefficient (Wildman–Crippen LogP) is 3.55. The molecule has 0 spiro atoms. The summed E-state index contributed by atoms with van der Waals surface area (Å²) in [6.45, 7) is 9.01. The Balaban J connectivity index is 2.07. The maximum Gasteiger partial charge on any atom is 0.310 e. The van der Waals surface area contributed by atoms with Gasteiger partial charge in [-0.25, -0.2) is 0 Å². The topological polar surface area (TPSA) is 52.6 Å². The standard InChI is InChI=1S/C18H28O4Si/c1-5-21-17(19)15-13(23(2,3)4)10-11-8-6-7-9-12-14(11)16(15)18(20)22-12/h10,12-16H,5-9H2,1-4H3/t12-,13+,14+,15+,16+/m1/s1. The third-order valence-corrected chi connectivity index (χ3v) is 8.21. The molecular formula is C18H28O4Si. The van der Waals surface area contributed by atoms with Crippen LogP contribution in [0.15, 0.2) is 11.6 Å². The number of hydrogen-bond donors (Lipinski definition) is 0. The van der Waals surface area contributed by atoms with Gasteiger partial charge in [0.2, 0.25) is 0 Å². The van der Waals surface area contributed by atoms with Gasteiger partial charge in [-0.05, 0) is 38.1 Å².